The molecule has 2 fully saturated rings. The van der Waals surface area contributed by atoms with E-state index in [9.17, 15) is 13.2 Å². The number of aromatic nitrogens is 1. The Bertz CT molecular complexity index is 1030. The van der Waals surface area contributed by atoms with Gasteiger partial charge in [0, 0.05) is 36.3 Å². The maximum Gasteiger partial charge on any atom is 0.282 e. The summed E-state index contributed by atoms with van der Waals surface area (Å²) in [6, 6.07) is 7.28. The van der Waals surface area contributed by atoms with E-state index in [0.717, 1.165) is 36.9 Å². The molecule has 4 rings (SSSR count). The number of ether oxygens (including phenoxy) is 1. The van der Waals surface area contributed by atoms with Gasteiger partial charge in [0.05, 0.1) is 25.5 Å². The summed E-state index contributed by atoms with van der Waals surface area (Å²) in [5.41, 5.74) is 7.99. The van der Waals surface area contributed by atoms with E-state index in [1.165, 1.54) is 26.4 Å². The highest BCUT2D eigenvalue weighted by Crippen LogP contribution is 2.27. The van der Waals surface area contributed by atoms with Gasteiger partial charge in [-0.05, 0) is 30.9 Å². The largest absolute Gasteiger partial charge is 0.379 e. The number of morpholine rings is 1. The number of nitrogens with zero attached hydrogens (tertiary/aromatic N) is 3. The number of nitrogen functional groups attached to an aromatic ring is 1. The minimum absolute atomic E-state index is 0.208. The van der Waals surface area contributed by atoms with Crippen LogP contribution in [0.15, 0.2) is 29.6 Å². The molecule has 3 N–H and O–H groups in total. The molecule has 2 aromatic rings. The third kappa shape index (κ3) is 6.30. The summed E-state index contributed by atoms with van der Waals surface area (Å²) in [5.74, 6) is -0.0690. The average molecular weight is 494 g/mol. The number of carbonyl (C=O) groups is 1. The Labute approximate surface area is 199 Å². The molecule has 1 aliphatic carbocycles. The molecule has 0 spiro atoms. The number of amides is 1. The van der Waals surface area contributed by atoms with E-state index in [1.807, 2.05) is 17.5 Å². The molecule has 2 aliphatic rings. The van der Waals surface area contributed by atoms with Crippen LogP contribution in [0, 0.1) is 5.92 Å². The summed E-state index contributed by atoms with van der Waals surface area (Å²) in [6.45, 7) is 1.54. The van der Waals surface area contributed by atoms with Crippen molar-refractivity contribution in [1.29, 1.82) is 0 Å². The fraction of sp³-hybridized carbons (Fsp3) is 0.545. The van der Waals surface area contributed by atoms with Gasteiger partial charge in [0.25, 0.3) is 10.2 Å². The number of benzene rings is 1. The molecule has 0 atom stereocenters. The van der Waals surface area contributed by atoms with Gasteiger partial charge in [0.1, 0.15) is 0 Å². The number of carbonyl (C=O) groups excluding carboxylic acids is 1. The first-order valence-corrected chi connectivity index (χ1v) is 13.6. The van der Waals surface area contributed by atoms with Crippen LogP contribution in [-0.2, 0) is 19.7 Å². The van der Waals surface area contributed by atoms with Crippen LogP contribution in [0.1, 0.15) is 32.1 Å². The zero-order chi connectivity index (χ0) is 23.3. The Kier molecular flexibility index (Phi) is 7.97. The third-order valence-electron chi connectivity index (χ3n) is 6.12. The molecular formula is C22H31N5O4S2. The highest BCUT2D eigenvalue weighted by molar-refractivity contribution is 7.86. The Balaban J connectivity index is 1.43. The van der Waals surface area contributed by atoms with Gasteiger partial charge >= 0.3 is 0 Å². The van der Waals surface area contributed by atoms with Crippen molar-refractivity contribution in [2.45, 2.75) is 32.1 Å². The van der Waals surface area contributed by atoms with Gasteiger partial charge in [0.15, 0.2) is 5.13 Å². The van der Waals surface area contributed by atoms with Gasteiger partial charge in [-0.1, -0.05) is 31.4 Å². The zero-order valence-electron chi connectivity index (χ0n) is 18.6. The van der Waals surface area contributed by atoms with E-state index >= 15 is 0 Å². The molecule has 1 aromatic carbocycles. The first kappa shape index (κ1) is 24.1. The van der Waals surface area contributed by atoms with Gasteiger partial charge in [-0.2, -0.15) is 17.0 Å². The zero-order valence-corrected chi connectivity index (χ0v) is 20.2. The van der Waals surface area contributed by atoms with E-state index in [0.29, 0.717) is 43.7 Å². The molecule has 180 valence electrons. The van der Waals surface area contributed by atoms with Crippen LogP contribution in [0.3, 0.4) is 0 Å². The third-order valence-corrected chi connectivity index (χ3v) is 8.74. The van der Waals surface area contributed by atoms with Gasteiger partial charge in [-0.3, -0.25) is 4.79 Å². The standard InChI is InChI=1S/C22H31N5O4S2/c23-22-25-20(16-32-22)18-6-8-19(9-7-18)24-21(28)15-27(14-17-4-2-1-3-5-17)33(29,30)26-10-12-31-13-11-26/h6-9,16-17H,1-5,10-15H2,(H2,23,25)(H,24,28). The van der Waals surface area contributed by atoms with Crippen molar-refractivity contribution in [1.82, 2.24) is 13.6 Å². The topological polar surface area (TPSA) is 118 Å². The summed E-state index contributed by atoms with van der Waals surface area (Å²) in [7, 11) is -3.74. The predicted octanol–water partition coefficient (Wildman–Crippen LogP) is 2.79. The van der Waals surface area contributed by atoms with E-state index in [2.05, 4.69) is 10.3 Å². The number of nitrogens with one attached hydrogen (secondary N) is 1. The van der Waals surface area contributed by atoms with E-state index in [4.69, 9.17) is 10.5 Å². The number of rotatable bonds is 8. The molecule has 33 heavy (non-hydrogen) atoms. The molecule has 11 heteroatoms. The number of nitrogens with two attached hydrogens (primary N) is 1. The van der Waals surface area contributed by atoms with Gasteiger partial charge < -0.3 is 15.8 Å². The molecule has 1 aromatic heterocycles. The lowest BCUT2D eigenvalue weighted by Crippen LogP contribution is -2.51. The Morgan fingerprint density at radius 3 is 2.52 bits per heavy atom. The first-order chi connectivity index (χ1) is 15.9. The maximum absolute atomic E-state index is 13.4. The monoisotopic (exact) mass is 493 g/mol. The molecule has 1 saturated heterocycles. The van der Waals surface area contributed by atoms with Gasteiger partial charge in [-0.15, -0.1) is 11.3 Å². The summed E-state index contributed by atoms with van der Waals surface area (Å²) in [5, 5.41) is 5.22. The minimum atomic E-state index is -3.74. The molecule has 1 saturated carbocycles. The highest BCUT2D eigenvalue weighted by Gasteiger charge is 2.34. The van der Waals surface area contributed by atoms with Crippen molar-refractivity contribution < 1.29 is 17.9 Å². The second kappa shape index (κ2) is 10.9. The van der Waals surface area contributed by atoms with Crippen LogP contribution in [0.5, 0.6) is 0 Å². The van der Waals surface area contributed by atoms with E-state index < -0.39 is 10.2 Å². The normalized spacial score (nSPS) is 18.5. The lowest BCUT2D eigenvalue weighted by Gasteiger charge is -2.34. The van der Waals surface area contributed by atoms with Crippen LogP contribution in [0.2, 0.25) is 0 Å². The van der Waals surface area contributed by atoms with Gasteiger partial charge in [0.2, 0.25) is 5.91 Å². The number of hydrogen-bond acceptors (Lipinski definition) is 7. The summed E-state index contributed by atoms with van der Waals surface area (Å²) in [4.78, 5) is 17.1. The Hall–Kier alpha value is -2.05. The smallest absolute Gasteiger partial charge is 0.282 e. The van der Waals surface area contributed by atoms with Crippen molar-refractivity contribution >= 4 is 38.3 Å². The van der Waals surface area contributed by atoms with Crippen molar-refractivity contribution in [3.63, 3.8) is 0 Å². The second-order valence-electron chi connectivity index (χ2n) is 8.51. The quantitative estimate of drug-likeness (QED) is 0.584. The fourth-order valence-electron chi connectivity index (χ4n) is 4.34. The fourth-order valence-corrected chi connectivity index (χ4v) is 6.53. The second-order valence-corrected chi connectivity index (χ2v) is 11.3. The summed E-state index contributed by atoms with van der Waals surface area (Å²) in [6.07, 6.45) is 5.41. The van der Waals surface area contributed by atoms with Crippen molar-refractivity contribution in [2.75, 3.05) is 50.4 Å². The number of anilines is 2. The predicted molar refractivity (Wildman–Crippen MR) is 130 cm³/mol. The Morgan fingerprint density at radius 2 is 1.88 bits per heavy atom. The SMILES string of the molecule is Nc1nc(-c2ccc(NC(=O)CN(CC3CCCCC3)S(=O)(=O)N3CCOCC3)cc2)cs1. The average Bonchev–Trinajstić information content (AvgIpc) is 3.26. The molecule has 0 radical (unpaired) electrons. The molecule has 0 unspecified atom stereocenters. The highest BCUT2D eigenvalue weighted by atomic mass is 32.2. The van der Waals surface area contributed by atoms with Crippen LogP contribution < -0.4 is 11.1 Å². The number of thiazole rings is 1. The van der Waals surface area contributed by atoms with Crippen molar-refractivity contribution in [3.8, 4) is 11.3 Å². The van der Waals surface area contributed by atoms with Crippen LogP contribution in [-0.4, -0.2) is 67.3 Å². The lowest BCUT2D eigenvalue weighted by molar-refractivity contribution is -0.116. The van der Waals surface area contributed by atoms with E-state index in [1.54, 1.807) is 12.1 Å². The molecular weight excluding hydrogens is 462 g/mol. The maximum atomic E-state index is 13.4. The minimum Gasteiger partial charge on any atom is -0.379 e. The molecule has 1 amide bonds. The number of hydrogen-bond donors (Lipinski definition) is 2. The van der Waals surface area contributed by atoms with Crippen LogP contribution >= 0.6 is 11.3 Å². The van der Waals surface area contributed by atoms with Crippen molar-refractivity contribution in [2.24, 2.45) is 5.92 Å². The summed E-state index contributed by atoms with van der Waals surface area (Å²) >= 11 is 1.37. The molecule has 0 bridgehead atoms. The van der Waals surface area contributed by atoms with Gasteiger partial charge in [-0.25, -0.2) is 4.98 Å². The van der Waals surface area contributed by atoms with Crippen LogP contribution in [0.25, 0.3) is 11.3 Å². The first-order valence-electron chi connectivity index (χ1n) is 11.4. The molecule has 9 nitrogen and oxygen atoms in total. The summed E-state index contributed by atoms with van der Waals surface area (Å²) < 4.78 is 34.8. The van der Waals surface area contributed by atoms with Crippen LogP contribution in [0.4, 0.5) is 10.8 Å². The van der Waals surface area contributed by atoms with E-state index in [-0.39, 0.29) is 18.4 Å². The van der Waals surface area contributed by atoms with Crippen molar-refractivity contribution in [3.05, 3.63) is 29.6 Å². The molecule has 1 aliphatic heterocycles. The Morgan fingerprint density at radius 1 is 1.18 bits per heavy atom. The lowest BCUT2D eigenvalue weighted by atomic mass is 9.89. The molecule has 2 heterocycles.